The zero-order chi connectivity index (χ0) is 20.7. The molecule has 7 heteroatoms. The molecule has 0 aromatic heterocycles. The molecular weight excluding hydrogens is 360 g/mol. The first kappa shape index (κ1) is 21.6. The maximum Gasteiger partial charge on any atom is 0.256 e. The normalized spacial score (nSPS) is 16.8. The highest BCUT2D eigenvalue weighted by Crippen LogP contribution is 2.26. The lowest BCUT2D eigenvalue weighted by Gasteiger charge is -2.33. The highest BCUT2D eigenvalue weighted by Gasteiger charge is 2.46. The number of carbonyl (C=O) groups is 3. The van der Waals surface area contributed by atoms with Crippen LogP contribution < -0.4 is 10.1 Å². The van der Waals surface area contributed by atoms with Crippen LogP contribution in [0.4, 0.5) is 0 Å². The van der Waals surface area contributed by atoms with Gasteiger partial charge in [0.2, 0.25) is 12.2 Å². The maximum absolute atomic E-state index is 12.8. The molecule has 1 unspecified atom stereocenters. The number of methoxy groups -OCH3 is 1. The lowest BCUT2D eigenvalue weighted by Crippen LogP contribution is -2.60. The van der Waals surface area contributed by atoms with E-state index in [1.165, 1.54) is 7.11 Å². The molecular formula is C21H27N2O5. The number of benzene rings is 1. The molecule has 1 aliphatic heterocycles. The number of amides is 2. The van der Waals surface area contributed by atoms with Gasteiger partial charge in [-0.1, -0.05) is 26.0 Å². The second-order valence-corrected chi connectivity index (χ2v) is 7.03. The van der Waals surface area contributed by atoms with Crippen molar-refractivity contribution in [3.8, 4) is 5.75 Å². The predicted molar refractivity (Wildman–Crippen MR) is 104 cm³/mol. The highest BCUT2D eigenvalue weighted by atomic mass is 16.5. The zero-order valence-corrected chi connectivity index (χ0v) is 16.6. The number of ether oxygens (including phenoxy) is 1. The monoisotopic (exact) mass is 387 g/mol. The van der Waals surface area contributed by atoms with Crippen LogP contribution in [0.5, 0.6) is 5.75 Å². The van der Waals surface area contributed by atoms with Gasteiger partial charge >= 0.3 is 0 Å². The smallest absolute Gasteiger partial charge is 0.256 e. The Labute approximate surface area is 165 Å². The van der Waals surface area contributed by atoms with Crippen molar-refractivity contribution in [2.24, 2.45) is 5.92 Å². The summed E-state index contributed by atoms with van der Waals surface area (Å²) in [6.45, 7) is 4.59. The van der Waals surface area contributed by atoms with Crippen molar-refractivity contribution in [1.82, 2.24) is 10.2 Å². The third-order valence-electron chi connectivity index (χ3n) is 5.26. The van der Waals surface area contributed by atoms with E-state index in [1.807, 2.05) is 0 Å². The molecule has 0 bridgehead atoms. The molecule has 1 heterocycles. The molecule has 1 radical (unpaired) electrons. The summed E-state index contributed by atoms with van der Waals surface area (Å²) in [5.74, 6) is -1.63. The van der Waals surface area contributed by atoms with E-state index >= 15 is 0 Å². The van der Waals surface area contributed by atoms with Crippen molar-refractivity contribution in [3.63, 3.8) is 0 Å². The summed E-state index contributed by atoms with van der Waals surface area (Å²) in [5, 5.41) is 2.55. The topological polar surface area (TPSA) is 92.8 Å². The Morgan fingerprint density at radius 3 is 2.46 bits per heavy atom. The average Bonchev–Trinajstić information content (AvgIpc) is 3.26. The van der Waals surface area contributed by atoms with Gasteiger partial charge in [-0.3, -0.25) is 19.2 Å². The third-order valence-corrected chi connectivity index (χ3v) is 5.26. The molecule has 1 aliphatic rings. The summed E-state index contributed by atoms with van der Waals surface area (Å²) in [4.78, 5) is 51.8. The van der Waals surface area contributed by atoms with Crippen molar-refractivity contribution < 1.29 is 23.9 Å². The summed E-state index contributed by atoms with van der Waals surface area (Å²) >= 11 is 0. The fourth-order valence-corrected chi connectivity index (χ4v) is 3.52. The molecule has 1 saturated heterocycles. The Kier molecular flexibility index (Phi) is 7.31. The molecule has 1 fully saturated rings. The summed E-state index contributed by atoms with van der Waals surface area (Å²) in [6, 6.07) is 6.53. The van der Waals surface area contributed by atoms with Gasteiger partial charge in [-0.05, 0) is 25.0 Å². The number of hydrogen-bond acceptors (Lipinski definition) is 5. The van der Waals surface area contributed by atoms with Crippen molar-refractivity contribution in [3.05, 3.63) is 29.8 Å². The summed E-state index contributed by atoms with van der Waals surface area (Å²) < 4.78 is 5.19. The minimum absolute atomic E-state index is 0.0207. The van der Waals surface area contributed by atoms with E-state index in [0.29, 0.717) is 18.8 Å². The Hall–Kier alpha value is -2.70. The van der Waals surface area contributed by atoms with Crippen LogP contribution in [-0.4, -0.2) is 54.5 Å². The van der Waals surface area contributed by atoms with Gasteiger partial charge in [0.15, 0.2) is 11.3 Å². The Morgan fingerprint density at radius 1 is 1.25 bits per heavy atom. The molecule has 0 saturated carbocycles. The number of rotatable bonds is 9. The van der Waals surface area contributed by atoms with Gasteiger partial charge in [-0.25, -0.2) is 0 Å². The fourth-order valence-electron chi connectivity index (χ4n) is 3.52. The first-order valence-corrected chi connectivity index (χ1v) is 9.55. The van der Waals surface area contributed by atoms with E-state index in [0.717, 1.165) is 12.8 Å². The summed E-state index contributed by atoms with van der Waals surface area (Å²) in [7, 11) is 1.43. The number of para-hydroxylation sites is 1. The van der Waals surface area contributed by atoms with E-state index in [9.17, 15) is 19.2 Å². The number of hydrogen-bond donors (Lipinski definition) is 1. The second kappa shape index (κ2) is 9.48. The first-order chi connectivity index (χ1) is 13.4. The lowest BCUT2D eigenvalue weighted by atomic mass is 9.79. The fraction of sp³-hybridized carbons (Fsp3) is 0.524. The minimum atomic E-state index is -1.89. The third kappa shape index (κ3) is 4.40. The van der Waals surface area contributed by atoms with Crippen molar-refractivity contribution in [2.45, 2.75) is 45.1 Å². The average molecular weight is 387 g/mol. The van der Waals surface area contributed by atoms with Crippen molar-refractivity contribution >= 4 is 23.9 Å². The van der Waals surface area contributed by atoms with Gasteiger partial charge < -0.3 is 15.0 Å². The largest absolute Gasteiger partial charge is 0.496 e. The van der Waals surface area contributed by atoms with Crippen LogP contribution in [0.2, 0.25) is 0 Å². The number of nitrogens with one attached hydrogen (secondary N) is 1. The van der Waals surface area contributed by atoms with Crippen molar-refractivity contribution in [2.75, 3.05) is 20.2 Å². The van der Waals surface area contributed by atoms with Gasteiger partial charge in [0, 0.05) is 31.8 Å². The SMILES string of the molecule is CCC(=O)[C@]([C]=O)(NC(=O)c1ccccc1OC)C(C)CC(=O)N1CCCC1. The van der Waals surface area contributed by atoms with Crippen LogP contribution in [0.15, 0.2) is 24.3 Å². The molecule has 1 aromatic carbocycles. The molecule has 1 N–H and O–H groups in total. The Balaban J connectivity index is 2.29. The number of Topliss-reactive ketones (excluding diaryl/α,β-unsaturated/α-hetero) is 1. The molecule has 2 atom stereocenters. The maximum atomic E-state index is 12.8. The number of carbonyl (C=O) groups excluding carboxylic acids is 4. The number of nitrogens with zero attached hydrogens (tertiary/aromatic N) is 1. The van der Waals surface area contributed by atoms with Crippen molar-refractivity contribution in [1.29, 1.82) is 0 Å². The van der Waals surface area contributed by atoms with Crippen LogP contribution >= 0.6 is 0 Å². The molecule has 151 valence electrons. The lowest BCUT2D eigenvalue weighted by molar-refractivity contribution is -0.132. The summed E-state index contributed by atoms with van der Waals surface area (Å²) in [5.41, 5.74) is -1.69. The molecule has 0 spiro atoms. The van der Waals surface area contributed by atoms with E-state index in [-0.39, 0.29) is 24.3 Å². The standard InChI is InChI=1S/C21H27N2O5/c1-4-18(25)21(14-24,15(2)13-19(26)23-11-7-8-12-23)22-20(27)16-9-5-6-10-17(16)28-3/h5-6,9-10,15H,4,7-8,11-13H2,1-3H3,(H,22,27)/t15?,21-/m1/s1. The van der Waals surface area contributed by atoms with Gasteiger partial charge in [0.05, 0.1) is 12.7 Å². The molecule has 1 aromatic rings. The van der Waals surface area contributed by atoms with Crippen LogP contribution in [0.1, 0.15) is 49.9 Å². The van der Waals surface area contributed by atoms with Gasteiger partial charge in [-0.2, -0.15) is 0 Å². The second-order valence-electron chi connectivity index (χ2n) is 7.03. The number of likely N-dealkylation sites (tertiary alicyclic amines) is 1. The zero-order valence-electron chi connectivity index (χ0n) is 16.6. The van der Waals surface area contributed by atoms with E-state index in [2.05, 4.69) is 5.32 Å². The number of ketones is 1. The highest BCUT2D eigenvalue weighted by molar-refractivity contribution is 6.09. The molecule has 2 rings (SSSR count). The van der Waals surface area contributed by atoms with Crippen LogP contribution in [0.25, 0.3) is 0 Å². The Bertz CT molecular complexity index is 742. The van der Waals surface area contributed by atoms with E-state index in [4.69, 9.17) is 4.74 Å². The predicted octanol–water partition coefficient (Wildman–Crippen LogP) is 1.90. The van der Waals surface area contributed by atoms with Crippen LogP contribution in [-0.2, 0) is 14.4 Å². The molecule has 7 nitrogen and oxygen atoms in total. The van der Waals surface area contributed by atoms with Gasteiger partial charge in [-0.15, -0.1) is 0 Å². The van der Waals surface area contributed by atoms with E-state index < -0.39 is 23.1 Å². The van der Waals surface area contributed by atoms with Crippen LogP contribution in [0.3, 0.4) is 0 Å². The van der Waals surface area contributed by atoms with Gasteiger partial charge in [0.25, 0.3) is 5.91 Å². The van der Waals surface area contributed by atoms with E-state index in [1.54, 1.807) is 49.3 Å². The minimum Gasteiger partial charge on any atom is -0.496 e. The Morgan fingerprint density at radius 2 is 1.89 bits per heavy atom. The summed E-state index contributed by atoms with van der Waals surface area (Å²) in [6.07, 6.45) is 3.66. The molecule has 0 aliphatic carbocycles. The van der Waals surface area contributed by atoms with Gasteiger partial charge in [0.1, 0.15) is 5.75 Å². The molecule has 2 amide bonds. The van der Waals surface area contributed by atoms with Crippen LogP contribution in [0, 0.1) is 5.92 Å². The first-order valence-electron chi connectivity index (χ1n) is 9.55. The quantitative estimate of drug-likeness (QED) is 0.654. The molecule has 28 heavy (non-hydrogen) atoms.